The molecule has 0 saturated carbocycles. The number of rotatable bonds is 4. The van der Waals surface area contributed by atoms with E-state index in [1.807, 2.05) is 0 Å². The average molecular weight is 220 g/mol. The number of hydrogen-bond donors (Lipinski definition) is 2. The maximum atomic E-state index is 10.9. The topological polar surface area (TPSA) is 89.3 Å². The zero-order chi connectivity index (χ0) is 11.0. The van der Waals surface area contributed by atoms with Crippen molar-refractivity contribution in [3.63, 3.8) is 0 Å². The van der Waals surface area contributed by atoms with Crippen molar-refractivity contribution in [3.05, 3.63) is 0 Å². The zero-order valence-corrected chi connectivity index (χ0v) is 9.23. The van der Waals surface area contributed by atoms with Crippen LogP contribution in [0.25, 0.3) is 0 Å². The van der Waals surface area contributed by atoms with Crippen LogP contribution in [0.4, 0.5) is 0 Å². The van der Waals surface area contributed by atoms with Crippen molar-refractivity contribution in [3.8, 4) is 0 Å². The molecule has 1 rings (SSSR count). The molecule has 1 saturated heterocycles. The van der Waals surface area contributed by atoms with Gasteiger partial charge in [0.1, 0.15) is 0 Å². The fraction of sp³-hybridized carbons (Fsp3) is 0.875. The van der Waals surface area contributed by atoms with Crippen LogP contribution in [0.15, 0.2) is 0 Å². The first-order chi connectivity index (χ1) is 6.23. The van der Waals surface area contributed by atoms with Gasteiger partial charge >= 0.3 is 0 Å². The van der Waals surface area contributed by atoms with Crippen LogP contribution in [-0.4, -0.2) is 38.4 Å². The van der Waals surface area contributed by atoms with E-state index in [9.17, 15) is 13.2 Å². The van der Waals surface area contributed by atoms with E-state index in [4.69, 9.17) is 5.73 Å². The van der Waals surface area contributed by atoms with E-state index in [1.165, 1.54) is 0 Å². The van der Waals surface area contributed by atoms with Gasteiger partial charge in [-0.2, -0.15) is 0 Å². The molecule has 6 heteroatoms. The van der Waals surface area contributed by atoms with E-state index in [1.54, 1.807) is 13.8 Å². The highest BCUT2D eigenvalue weighted by molar-refractivity contribution is 7.92. The maximum absolute atomic E-state index is 10.9. The molecule has 14 heavy (non-hydrogen) atoms. The Labute approximate surface area is 84.0 Å². The van der Waals surface area contributed by atoms with Crippen molar-refractivity contribution in [2.75, 3.05) is 18.1 Å². The van der Waals surface area contributed by atoms with Crippen LogP contribution in [0.3, 0.4) is 0 Å². The molecule has 0 aromatic heterocycles. The molecule has 0 atom stereocenters. The first-order valence-corrected chi connectivity index (χ1v) is 6.29. The fourth-order valence-electron chi connectivity index (χ4n) is 1.17. The molecule has 0 spiro atoms. The molecule has 1 aliphatic heterocycles. The summed E-state index contributed by atoms with van der Waals surface area (Å²) >= 11 is 0. The smallest absolute Gasteiger partial charge is 0.224 e. The van der Waals surface area contributed by atoms with E-state index in [0.717, 1.165) is 0 Å². The number of sulfone groups is 1. The summed E-state index contributed by atoms with van der Waals surface area (Å²) in [6, 6.07) is -0.0152. The lowest BCUT2D eigenvalue weighted by molar-refractivity contribution is -0.125. The third-order valence-electron chi connectivity index (χ3n) is 2.41. The molecule has 0 radical (unpaired) electrons. The summed E-state index contributed by atoms with van der Waals surface area (Å²) in [5.41, 5.74) is 4.55. The minimum Gasteiger partial charge on any atom is -0.369 e. The van der Waals surface area contributed by atoms with Crippen molar-refractivity contribution in [1.82, 2.24) is 5.32 Å². The number of nitrogens with one attached hydrogen (secondary N) is 1. The van der Waals surface area contributed by atoms with Crippen LogP contribution in [0.1, 0.15) is 13.8 Å². The van der Waals surface area contributed by atoms with Crippen LogP contribution in [0.5, 0.6) is 0 Å². The Morgan fingerprint density at radius 3 is 2.36 bits per heavy atom. The second-order valence-corrected chi connectivity index (χ2v) is 6.56. The molecule has 0 aromatic rings. The van der Waals surface area contributed by atoms with Gasteiger partial charge in [-0.15, -0.1) is 0 Å². The largest absolute Gasteiger partial charge is 0.369 e. The Hall–Kier alpha value is -0.620. The summed E-state index contributed by atoms with van der Waals surface area (Å²) in [7, 11) is -2.80. The highest BCUT2D eigenvalue weighted by Gasteiger charge is 2.35. The highest BCUT2D eigenvalue weighted by atomic mass is 32.2. The van der Waals surface area contributed by atoms with Gasteiger partial charge in [-0.25, -0.2) is 8.42 Å². The third-order valence-corrected chi connectivity index (χ3v) is 4.23. The van der Waals surface area contributed by atoms with E-state index in [2.05, 4.69) is 5.32 Å². The lowest BCUT2D eigenvalue weighted by Crippen LogP contribution is -2.54. The number of amides is 1. The summed E-state index contributed by atoms with van der Waals surface area (Å²) in [4.78, 5) is 10.9. The number of nitrogens with two attached hydrogens (primary N) is 1. The predicted molar refractivity (Wildman–Crippen MR) is 53.4 cm³/mol. The van der Waals surface area contributed by atoms with Crippen LogP contribution in [0, 0.1) is 5.41 Å². The molecule has 1 aliphatic rings. The maximum Gasteiger partial charge on any atom is 0.224 e. The first-order valence-electron chi connectivity index (χ1n) is 4.47. The summed E-state index contributed by atoms with van der Waals surface area (Å²) in [6.45, 7) is 3.88. The third kappa shape index (κ3) is 2.68. The molecule has 1 fully saturated rings. The standard InChI is InChI=1S/C8H16N2O3S/c1-8(2,7(9)11)5-10-6-3-14(12,13)4-6/h6,10H,3-5H2,1-2H3,(H2,9,11). The van der Waals surface area contributed by atoms with Crippen LogP contribution in [-0.2, 0) is 14.6 Å². The summed E-state index contributed by atoms with van der Waals surface area (Å²) in [5.74, 6) is -0.0453. The number of carbonyl (C=O) groups is 1. The lowest BCUT2D eigenvalue weighted by atomic mass is 9.92. The second-order valence-electron chi connectivity index (χ2n) is 4.40. The minimum atomic E-state index is -2.80. The molecular formula is C8H16N2O3S. The molecule has 0 bridgehead atoms. The molecule has 5 nitrogen and oxygen atoms in total. The molecule has 3 N–H and O–H groups in total. The van der Waals surface area contributed by atoms with Crippen LogP contribution >= 0.6 is 0 Å². The van der Waals surface area contributed by atoms with Gasteiger partial charge in [0.15, 0.2) is 9.84 Å². The van der Waals surface area contributed by atoms with Crippen molar-refractivity contribution in [2.24, 2.45) is 11.1 Å². The number of hydrogen-bond acceptors (Lipinski definition) is 4. The van der Waals surface area contributed by atoms with Crippen molar-refractivity contribution < 1.29 is 13.2 Å². The lowest BCUT2D eigenvalue weighted by Gasteiger charge is -2.30. The van der Waals surface area contributed by atoms with Crippen molar-refractivity contribution in [2.45, 2.75) is 19.9 Å². The zero-order valence-electron chi connectivity index (χ0n) is 8.41. The van der Waals surface area contributed by atoms with E-state index < -0.39 is 15.3 Å². The normalized spacial score (nSPS) is 21.6. The average Bonchev–Trinajstić information content (AvgIpc) is 1.96. The van der Waals surface area contributed by atoms with Crippen molar-refractivity contribution >= 4 is 15.7 Å². The number of primary amides is 1. The monoisotopic (exact) mass is 220 g/mol. The quantitative estimate of drug-likeness (QED) is 0.628. The van der Waals surface area contributed by atoms with Gasteiger partial charge in [0.05, 0.1) is 16.9 Å². The van der Waals surface area contributed by atoms with Crippen LogP contribution in [0.2, 0.25) is 0 Å². The van der Waals surface area contributed by atoms with Gasteiger partial charge in [0.2, 0.25) is 5.91 Å². The summed E-state index contributed by atoms with van der Waals surface area (Å²) < 4.78 is 21.6. The molecule has 82 valence electrons. The van der Waals surface area contributed by atoms with Gasteiger partial charge in [0, 0.05) is 12.6 Å². The van der Waals surface area contributed by atoms with E-state index >= 15 is 0 Å². The predicted octanol–water partition coefficient (Wildman–Crippen LogP) is -1.12. The molecule has 1 amide bonds. The summed E-state index contributed by atoms with van der Waals surface area (Å²) in [6.07, 6.45) is 0. The Kier molecular flexibility index (Phi) is 2.87. The van der Waals surface area contributed by atoms with E-state index in [-0.39, 0.29) is 23.5 Å². The Bertz CT molecular complexity index is 322. The first kappa shape index (κ1) is 11.5. The molecule has 1 heterocycles. The molecule has 0 aromatic carbocycles. The summed E-state index contributed by atoms with van der Waals surface area (Å²) in [5, 5.41) is 3.02. The molecule has 0 aliphatic carbocycles. The van der Waals surface area contributed by atoms with Gasteiger partial charge in [-0.3, -0.25) is 4.79 Å². The second kappa shape index (κ2) is 3.51. The Morgan fingerprint density at radius 1 is 1.50 bits per heavy atom. The molecule has 0 unspecified atom stereocenters. The number of carbonyl (C=O) groups excluding carboxylic acids is 1. The Balaban J connectivity index is 2.33. The fourth-order valence-corrected chi connectivity index (χ4v) is 2.53. The van der Waals surface area contributed by atoms with Crippen molar-refractivity contribution in [1.29, 1.82) is 0 Å². The van der Waals surface area contributed by atoms with Crippen LogP contribution < -0.4 is 11.1 Å². The van der Waals surface area contributed by atoms with Gasteiger partial charge < -0.3 is 11.1 Å². The highest BCUT2D eigenvalue weighted by Crippen LogP contribution is 2.15. The van der Waals surface area contributed by atoms with Gasteiger partial charge in [0.25, 0.3) is 0 Å². The molecular weight excluding hydrogens is 204 g/mol. The van der Waals surface area contributed by atoms with Gasteiger partial charge in [-0.1, -0.05) is 0 Å². The SMILES string of the molecule is CC(C)(CNC1CS(=O)(=O)C1)C(N)=O. The minimum absolute atomic E-state index is 0.0152. The Morgan fingerprint density at radius 2 is 2.00 bits per heavy atom. The van der Waals surface area contributed by atoms with Gasteiger partial charge in [-0.05, 0) is 13.8 Å². The van der Waals surface area contributed by atoms with E-state index in [0.29, 0.717) is 6.54 Å².